The Morgan fingerprint density at radius 2 is 2.13 bits per heavy atom. The molecule has 1 aromatic carbocycles. The summed E-state index contributed by atoms with van der Waals surface area (Å²) in [4.78, 5) is 11.3. The third kappa shape index (κ3) is 3.58. The van der Waals surface area contributed by atoms with E-state index in [0.717, 1.165) is 6.42 Å². The molecule has 2 heteroatoms. The van der Waals surface area contributed by atoms with Crippen molar-refractivity contribution in [2.45, 2.75) is 18.8 Å². The second kappa shape index (κ2) is 6.02. The number of amides is 1. The molecule has 0 saturated heterocycles. The third-order valence-electron chi connectivity index (χ3n) is 2.43. The minimum atomic E-state index is 0.0747. The molecule has 0 aliphatic heterocycles. The van der Waals surface area contributed by atoms with Crippen LogP contribution < -0.4 is 5.32 Å². The molecule has 80 valence electrons. The van der Waals surface area contributed by atoms with E-state index in [0.29, 0.717) is 6.42 Å². The van der Waals surface area contributed by atoms with Gasteiger partial charge < -0.3 is 5.32 Å². The summed E-state index contributed by atoms with van der Waals surface area (Å²) in [6.45, 7) is 3.73. The van der Waals surface area contributed by atoms with Crippen molar-refractivity contribution >= 4 is 5.91 Å². The molecular weight excluding hydrogens is 186 g/mol. The van der Waals surface area contributed by atoms with Gasteiger partial charge in [0.05, 0.1) is 0 Å². The van der Waals surface area contributed by atoms with E-state index in [2.05, 4.69) is 24.0 Å². The van der Waals surface area contributed by atoms with Gasteiger partial charge in [0.25, 0.3) is 0 Å². The molecule has 0 bridgehead atoms. The van der Waals surface area contributed by atoms with Crippen molar-refractivity contribution in [2.75, 3.05) is 7.05 Å². The largest absolute Gasteiger partial charge is 0.359 e. The number of hydrogen-bond acceptors (Lipinski definition) is 1. The normalized spacial score (nSPS) is 11.8. The Hall–Kier alpha value is -1.57. The Kier molecular flexibility index (Phi) is 4.61. The minimum Gasteiger partial charge on any atom is -0.359 e. The Bertz CT molecular complexity index is 319. The lowest BCUT2D eigenvalue weighted by atomic mass is 9.92. The van der Waals surface area contributed by atoms with Gasteiger partial charge in [0.1, 0.15) is 0 Å². The van der Waals surface area contributed by atoms with E-state index < -0.39 is 0 Å². The maximum Gasteiger partial charge on any atom is 0.220 e. The first-order valence-corrected chi connectivity index (χ1v) is 5.14. The van der Waals surface area contributed by atoms with Gasteiger partial charge in [-0.25, -0.2) is 0 Å². The minimum absolute atomic E-state index is 0.0747. The van der Waals surface area contributed by atoms with Crippen molar-refractivity contribution in [2.24, 2.45) is 0 Å². The first-order valence-electron chi connectivity index (χ1n) is 5.14. The standard InChI is InChI=1S/C13H17NO/c1-3-7-12(10-13(15)14-2)11-8-5-4-6-9-11/h3-6,8-9,12H,1,7,10H2,2H3,(H,14,15)/t12-/m1/s1. The van der Waals surface area contributed by atoms with Gasteiger partial charge in [-0.1, -0.05) is 36.4 Å². The number of carbonyl (C=O) groups excluding carboxylic acids is 1. The van der Waals surface area contributed by atoms with E-state index in [-0.39, 0.29) is 11.8 Å². The highest BCUT2D eigenvalue weighted by Gasteiger charge is 2.13. The number of nitrogens with one attached hydrogen (secondary N) is 1. The fraction of sp³-hybridized carbons (Fsp3) is 0.308. The SMILES string of the molecule is C=CC[C@H](CC(=O)NC)c1ccccc1. The molecule has 0 aliphatic rings. The van der Waals surface area contributed by atoms with Crippen LogP contribution in [0, 0.1) is 0 Å². The molecule has 0 heterocycles. The monoisotopic (exact) mass is 203 g/mol. The van der Waals surface area contributed by atoms with Gasteiger partial charge in [-0.05, 0) is 17.9 Å². The maximum atomic E-state index is 11.3. The van der Waals surface area contributed by atoms with Crippen LogP contribution in [0.4, 0.5) is 0 Å². The van der Waals surface area contributed by atoms with Gasteiger partial charge in [0.15, 0.2) is 0 Å². The summed E-state index contributed by atoms with van der Waals surface area (Å²) in [5, 5.41) is 2.65. The zero-order valence-corrected chi connectivity index (χ0v) is 9.07. The number of rotatable bonds is 5. The average Bonchev–Trinajstić information content (AvgIpc) is 2.29. The van der Waals surface area contributed by atoms with E-state index in [1.807, 2.05) is 24.3 Å². The van der Waals surface area contributed by atoms with E-state index in [1.54, 1.807) is 7.05 Å². The second-order valence-electron chi connectivity index (χ2n) is 3.51. The summed E-state index contributed by atoms with van der Waals surface area (Å²) in [6.07, 6.45) is 3.21. The zero-order valence-electron chi connectivity index (χ0n) is 9.07. The summed E-state index contributed by atoms with van der Waals surface area (Å²) in [5.74, 6) is 0.314. The molecule has 1 amide bonds. The molecule has 1 atom stereocenters. The lowest BCUT2D eigenvalue weighted by Crippen LogP contribution is -2.20. The van der Waals surface area contributed by atoms with Crippen LogP contribution in [0.15, 0.2) is 43.0 Å². The summed E-state index contributed by atoms with van der Waals surface area (Å²) < 4.78 is 0. The molecule has 1 rings (SSSR count). The Morgan fingerprint density at radius 3 is 2.67 bits per heavy atom. The fourth-order valence-corrected chi connectivity index (χ4v) is 1.59. The van der Waals surface area contributed by atoms with Gasteiger partial charge in [-0.2, -0.15) is 0 Å². The molecular formula is C13H17NO. The van der Waals surface area contributed by atoms with Gasteiger partial charge >= 0.3 is 0 Å². The molecule has 0 spiro atoms. The van der Waals surface area contributed by atoms with E-state index in [9.17, 15) is 4.79 Å². The number of allylic oxidation sites excluding steroid dienone is 1. The van der Waals surface area contributed by atoms with E-state index in [4.69, 9.17) is 0 Å². The second-order valence-corrected chi connectivity index (χ2v) is 3.51. The number of carbonyl (C=O) groups is 1. The van der Waals surface area contributed by atoms with Gasteiger partial charge in [0.2, 0.25) is 5.91 Å². The molecule has 2 nitrogen and oxygen atoms in total. The van der Waals surface area contributed by atoms with Crippen LogP contribution in [-0.2, 0) is 4.79 Å². The quantitative estimate of drug-likeness (QED) is 0.732. The van der Waals surface area contributed by atoms with Gasteiger partial charge in [-0.3, -0.25) is 4.79 Å². The maximum absolute atomic E-state index is 11.3. The van der Waals surface area contributed by atoms with Crippen LogP contribution in [0.25, 0.3) is 0 Å². The first kappa shape index (κ1) is 11.5. The highest BCUT2D eigenvalue weighted by Crippen LogP contribution is 2.23. The van der Waals surface area contributed by atoms with Crippen LogP contribution in [0.3, 0.4) is 0 Å². The molecule has 0 saturated carbocycles. The lowest BCUT2D eigenvalue weighted by molar-refractivity contribution is -0.120. The molecule has 0 fully saturated rings. The Labute approximate surface area is 91.0 Å². The van der Waals surface area contributed by atoms with Crippen LogP contribution in [0.5, 0.6) is 0 Å². The summed E-state index contributed by atoms with van der Waals surface area (Å²) in [7, 11) is 1.66. The molecule has 15 heavy (non-hydrogen) atoms. The molecule has 0 radical (unpaired) electrons. The topological polar surface area (TPSA) is 29.1 Å². The third-order valence-corrected chi connectivity index (χ3v) is 2.43. The predicted molar refractivity (Wildman–Crippen MR) is 62.7 cm³/mol. The Morgan fingerprint density at radius 1 is 1.47 bits per heavy atom. The fourth-order valence-electron chi connectivity index (χ4n) is 1.59. The van der Waals surface area contributed by atoms with Gasteiger partial charge in [0, 0.05) is 13.5 Å². The number of hydrogen-bond donors (Lipinski definition) is 1. The highest BCUT2D eigenvalue weighted by molar-refractivity contribution is 5.76. The van der Waals surface area contributed by atoms with E-state index >= 15 is 0 Å². The molecule has 0 unspecified atom stereocenters. The van der Waals surface area contributed by atoms with Crippen molar-refractivity contribution in [3.8, 4) is 0 Å². The van der Waals surface area contributed by atoms with Crippen LogP contribution in [-0.4, -0.2) is 13.0 Å². The van der Waals surface area contributed by atoms with Crippen molar-refractivity contribution in [3.05, 3.63) is 48.6 Å². The highest BCUT2D eigenvalue weighted by atomic mass is 16.1. The predicted octanol–water partition coefficient (Wildman–Crippen LogP) is 2.48. The summed E-state index contributed by atoms with van der Waals surface area (Å²) >= 11 is 0. The van der Waals surface area contributed by atoms with Crippen molar-refractivity contribution < 1.29 is 4.79 Å². The first-order chi connectivity index (χ1) is 7.27. The van der Waals surface area contributed by atoms with Crippen molar-refractivity contribution in [1.29, 1.82) is 0 Å². The van der Waals surface area contributed by atoms with Crippen LogP contribution in [0.2, 0.25) is 0 Å². The van der Waals surface area contributed by atoms with Crippen molar-refractivity contribution in [1.82, 2.24) is 5.32 Å². The van der Waals surface area contributed by atoms with Crippen LogP contribution in [0.1, 0.15) is 24.3 Å². The molecule has 1 N–H and O–H groups in total. The summed E-state index contributed by atoms with van der Waals surface area (Å²) in [5.41, 5.74) is 1.20. The van der Waals surface area contributed by atoms with Crippen molar-refractivity contribution in [3.63, 3.8) is 0 Å². The smallest absolute Gasteiger partial charge is 0.220 e. The molecule has 0 aliphatic carbocycles. The summed E-state index contributed by atoms with van der Waals surface area (Å²) in [6, 6.07) is 10.1. The van der Waals surface area contributed by atoms with E-state index in [1.165, 1.54) is 5.56 Å². The Balaban J connectivity index is 2.74. The van der Waals surface area contributed by atoms with Gasteiger partial charge in [-0.15, -0.1) is 6.58 Å². The average molecular weight is 203 g/mol. The number of benzene rings is 1. The molecule has 0 aromatic heterocycles. The zero-order chi connectivity index (χ0) is 11.1. The molecule has 1 aromatic rings. The van der Waals surface area contributed by atoms with Crippen LogP contribution >= 0.6 is 0 Å². The lowest BCUT2D eigenvalue weighted by Gasteiger charge is -2.14.